The molecule has 1 aliphatic heterocycles. The van der Waals surface area contributed by atoms with E-state index in [0.717, 1.165) is 11.1 Å². The van der Waals surface area contributed by atoms with Crippen LogP contribution in [0.5, 0.6) is 0 Å². The van der Waals surface area contributed by atoms with Gasteiger partial charge in [0.2, 0.25) is 0 Å². The summed E-state index contributed by atoms with van der Waals surface area (Å²) in [7, 11) is 0. The minimum absolute atomic E-state index is 0.196. The van der Waals surface area contributed by atoms with Crippen molar-refractivity contribution in [2.24, 2.45) is 5.92 Å². The molecule has 19 heavy (non-hydrogen) atoms. The van der Waals surface area contributed by atoms with E-state index in [1.165, 1.54) is 12.3 Å². The van der Waals surface area contributed by atoms with Crippen LogP contribution in [0.3, 0.4) is 0 Å². The maximum Gasteiger partial charge on any atom is 0.335 e. The molecule has 1 aromatic rings. The summed E-state index contributed by atoms with van der Waals surface area (Å²) in [5.41, 5.74) is 1.86. The van der Waals surface area contributed by atoms with Gasteiger partial charge >= 0.3 is 11.6 Å². The number of ether oxygens (including phenoxy) is 1. The van der Waals surface area contributed by atoms with Crippen LogP contribution in [0.2, 0.25) is 0 Å². The van der Waals surface area contributed by atoms with Crippen LogP contribution in [0.25, 0.3) is 0 Å². The molecule has 104 valence electrons. The van der Waals surface area contributed by atoms with E-state index in [4.69, 9.17) is 4.74 Å². The molecule has 0 amide bonds. The highest BCUT2D eigenvalue weighted by Crippen LogP contribution is 2.14. The van der Waals surface area contributed by atoms with Crippen LogP contribution < -0.4 is 5.63 Å². The van der Waals surface area contributed by atoms with Crippen molar-refractivity contribution < 1.29 is 13.9 Å². The fraction of sp³-hybridized carbons (Fsp3) is 0.467. The molecule has 0 bridgehead atoms. The minimum Gasteiger partial charge on any atom is -0.458 e. The Morgan fingerprint density at radius 1 is 1.05 bits per heavy atom. The van der Waals surface area contributed by atoms with Crippen LogP contribution in [0.1, 0.15) is 39.2 Å². The van der Waals surface area contributed by atoms with Crippen LogP contribution >= 0.6 is 0 Å². The maximum absolute atomic E-state index is 10.5. The number of rotatable bonds is 2. The fourth-order valence-corrected chi connectivity index (χ4v) is 1.42. The molecule has 0 fully saturated rings. The molecule has 4 heteroatoms. The van der Waals surface area contributed by atoms with Crippen molar-refractivity contribution in [2.45, 2.75) is 33.6 Å². The molecule has 0 aliphatic carbocycles. The number of esters is 1. The summed E-state index contributed by atoms with van der Waals surface area (Å²) >= 11 is 0. The van der Waals surface area contributed by atoms with Gasteiger partial charge in [-0.15, -0.1) is 0 Å². The molecular weight excluding hydrogens is 244 g/mol. The zero-order valence-electron chi connectivity index (χ0n) is 11.8. The normalized spacial score (nSPS) is 14.0. The molecule has 0 aromatic carbocycles. The number of carbonyl (C=O) groups excluding carboxylic acids is 1. The molecule has 0 saturated carbocycles. The van der Waals surface area contributed by atoms with Gasteiger partial charge in [0.1, 0.15) is 6.61 Å². The second-order valence-electron chi connectivity index (χ2n) is 5.02. The van der Waals surface area contributed by atoms with E-state index < -0.39 is 0 Å². The van der Waals surface area contributed by atoms with E-state index in [-0.39, 0.29) is 11.6 Å². The Morgan fingerprint density at radius 3 is 2.05 bits per heavy atom. The van der Waals surface area contributed by atoms with Crippen molar-refractivity contribution in [1.29, 1.82) is 0 Å². The van der Waals surface area contributed by atoms with Gasteiger partial charge < -0.3 is 9.15 Å². The SMILES string of the molecule is CC(C)C1=CC(=O)OC1.CC(C)c1ccc(=O)oc1. The summed E-state index contributed by atoms with van der Waals surface area (Å²) in [4.78, 5) is 20.9. The monoisotopic (exact) mass is 264 g/mol. The average Bonchev–Trinajstić information content (AvgIpc) is 2.77. The van der Waals surface area contributed by atoms with Gasteiger partial charge in [0.15, 0.2) is 0 Å². The van der Waals surface area contributed by atoms with Gasteiger partial charge in [0.25, 0.3) is 0 Å². The first-order chi connectivity index (χ1) is 8.90. The second-order valence-corrected chi connectivity index (χ2v) is 5.02. The van der Waals surface area contributed by atoms with Gasteiger partial charge in [-0.1, -0.05) is 27.7 Å². The summed E-state index contributed by atoms with van der Waals surface area (Å²) in [5.74, 6) is 0.666. The Bertz CT molecular complexity index is 489. The largest absolute Gasteiger partial charge is 0.458 e. The lowest BCUT2D eigenvalue weighted by molar-refractivity contribution is -0.134. The van der Waals surface area contributed by atoms with Crippen molar-refractivity contribution in [3.05, 3.63) is 46.0 Å². The Labute approximate surface area is 113 Å². The Morgan fingerprint density at radius 2 is 1.74 bits per heavy atom. The Balaban J connectivity index is 0.000000191. The first-order valence-electron chi connectivity index (χ1n) is 6.36. The number of hydrogen-bond acceptors (Lipinski definition) is 4. The maximum atomic E-state index is 10.5. The summed E-state index contributed by atoms with van der Waals surface area (Å²) in [5, 5.41) is 0. The molecular formula is C15H20O4. The molecule has 2 rings (SSSR count). The van der Waals surface area contributed by atoms with Gasteiger partial charge in [0.05, 0.1) is 6.26 Å². The Kier molecular flexibility index (Phi) is 5.55. The van der Waals surface area contributed by atoms with Gasteiger partial charge in [-0.05, 0) is 29.0 Å². The zero-order chi connectivity index (χ0) is 14.4. The van der Waals surface area contributed by atoms with Crippen LogP contribution in [-0.4, -0.2) is 12.6 Å². The Hall–Kier alpha value is -1.84. The quantitative estimate of drug-likeness (QED) is 0.771. The predicted octanol–water partition coefficient (Wildman–Crippen LogP) is 2.89. The third-order valence-corrected chi connectivity index (χ3v) is 2.82. The third-order valence-electron chi connectivity index (χ3n) is 2.82. The fourth-order valence-electron chi connectivity index (χ4n) is 1.42. The molecule has 1 aliphatic rings. The molecule has 0 atom stereocenters. The van der Waals surface area contributed by atoms with E-state index in [1.807, 2.05) is 13.8 Å². The van der Waals surface area contributed by atoms with Gasteiger partial charge in [-0.25, -0.2) is 9.59 Å². The van der Waals surface area contributed by atoms with E-state index in [0.29, 0.717) is 18.4 Å². The lowest BCUT2D eigenvalue weighted by atomic mass is 10.1. The van der Waals surface area contributed by atoms with Gasteiger partial charge in [-0.2, -0.15) is 0 Å². The van der Waals surface area contributed by atoms with E-state index in [2.05, 4.69) is 18.3 Å². The summed E-state index contributed by atoms with van der Waals surface area (Å²) in [6.07, 6.45) is 3.08. The third kappa shape index (κ3) is 5.12. The van der Waals surface area contributed by atoms with Crippen molar-refractivity contribution in [1.82, 2.24) is 0 Å². The highest BCUT2D eigenvalue weighted by molar-refractivity contribution is 5.85. The molecule has 0 saturated heterocycles. The van der Waals surface area contributed by atoms with Gasteiger partial charge in [0, 0.05) is 12.1 Å². The summed E-state index contributed by atoms with van der Waals surface area (Å²) in [6.45, 7) is 8.70. The van der Waals surface area contributed by atoms with Crippen molar-refractivity contribution >= 4 is 5.97 Å². The van der Waals surface area contributed by atoms with Crippen LogP contribution in [0.15, 0.2) is 39.3 Å². The smallest absolute Gasteiger partial charge is 0.335 e. The lowest BCUT2D eigenvalue weighted by Gasteiger charge is -2.00. The molecule has 0 N–H and O–H groups in total. The van der Waals surface area contributed by atoms with Crippen molar-refractivity contribution in [3.8, 4) is 0 Å². The van der Waals surface area contributed by atoms with Crippen molar-refractivity contribution in [3.63, 3.8) is 0 Å². The number of cyclic esters (lactones) is 1. The lowest BCUT2D eigenvalue weighted by Crippen LogP contribution is -1.96. The second kappa shape index (κ2) is 6.92. The standard InChI is InChI=1S/C8H10O2.C7H10O2/c1-6(2)7-3-4-8(9)10-5-7;1-5(2)6-3-7(8)9-4-6/h3-6H,1-2H3;3,5H,4H2,1-2H3. The van der Waals surface area contributed by atoms with E-state index in [1.54, 1.807) is 12.1 Å². The zero-order valence-corrected chi connectivity index (χ0v) is 11.8. The van der Waals surface area contributed by atoms with E-state index in [9.17, 15) is 9.59 Å². The summed E-state index contributed by atoms with van der Waals surface area (Å²) < 4.78 is 9.36. The van der Waals surface area contributed by atoms with Crippen LogP contribution in [0, 0.1) is 5.92 Å². The molecule has 4 nitrogen and oxygen atoms in total. The molecule has 1 aromatic heterocycles. The van der Waals surface area contributed by atoms with Gasteiger partial charge in [-0.3, -0.25) is 0 Å². The number of carbonyl (C=O) groups is 1. The highest BCUT2D eigenvalue weighted by Gasteiger charge is 2.14. The predicted molar refractivity (Wildman–Crippen MR) is 72.9 cm³/mol. The first-order valence-corrected chi connectivity index (χ1v) is 6.36. The summed E-state index contributed by atoms with van der Waals surface area (Å²) in [6, 6.07) is 3.23. The highest BCUT2D eigenvalue weighted by atomic mass is 16.5. The molecule has 0 spiro atoms. The molecule has 0 radical (unpaired) electrons. The molecule has 0 unspecified atom stereocenters. The van der Waals surface area contributed by atoms with Crippen molar-refractivity contribution in [2.75, 3.05) is 6.61 Å². The molecule has 2 heterocycles. The minimum atomic E-state index is -0.288. The van der Waals surface area contributed by atoms with E-state index >= 15 is 0 Å². The topological polar surface area (TPSA) is 56.5 Å². The first kappa shape index (κ1) is 15.2. The van der Waals surface area contributed by atoms with Crippen LogP contribution in [-0.2, 0) is 9.53 Å². The van der Waals surface area contributed by atoms with Crippen LogP contribution in [0.4, 0.5) is 0 Å². The number of hydrogen-bond donors (Lipinski definition) is 0. The average molecular weight is 264 g/mol.